The van der Waals surface area contributed by atoms with Crippen LogP contribution >= 0.6 is 23.2 Å². The van der Waals surface area contributed by atoms with Crippen LogP contribution in [0.3, 0.4) is 0 Å². The number of hydrogen-bond donors (Lipinski definition) is 0. The molecule has 0 saturated carbocycles. The number of methoxy groups -OCH3 is 1. The Morgan fingerprint density at radius 2 is 2.00 bits per heavy atom. The monoisotopic (exact) mass is 510 g/mol. The van der Waals surface area contributed by atoms with E-state index < -0.39 is 17.3 Å². The van der Waals surface area contributed by atoms with Gasteiger partial charge in [-0.2, -0.15) is 18.3 Å². The van der Waals surface area contributed by atoms with Crippen molar-refractivity contribution in [2.45, 2.75) is 31.8 Å². The average Bonchev–Trinajstić information content (AvgIpc) is 3.01. The predicted octanol–water partition coefficient (Wildman–Crippen LogP) is 4.07. The Kier molecular flexibility index (Phi) is 9.66. The van der Waals surface area contributed by atoms with Crippen molar-refractivity contribution in [1.82, 2.24) is 9.91 Å². The minimum absolute atomic E-state index is 0.113. The summed E-state index contributed by atoms with van der Waals surface area (Å²) in [7, 11) is 1.48. The highest BCUT2D eigenvalue weighted by Crippen LogP contribution is 2.33. The van der Waals surface area contributed by atoms with Gasteiger partial charge in [0.25, 0.3) is 0 Å². The van der Waals surface area contributed by atoms with Crippen LogP contribution in [0.4, 0.5) is 18.9 Å². The number of likely N-dealkylation sites (N-methyl/N-ethyl adjacent to an activating group) is 1. The summed E-state index contributed by atoms with van der Waals surface area (Å²) in [5, 5.41) is 3.65. The van der Waals surface area contributed by atoms with E-state index in [9.17, 15) is 22.8 Å². The molecule has 1 aromatic rings. The molecule has 12 heteroatoms. The maximum Gasteiger partial charge on any atom is 0.432 e. The van der Waals surface area contributed by atoms with Crippen molar-refractivity contribution in [3.63, 3.8) is 0 Å². The van der Waals surface area contributed by atoms with Gasteiger partial charge in [-0.15, -0.1) is 11.6 Å². The van der Waals surface area contributed by atoms with Crippen LogP contribution in [-0.2, 0) is 4.79 Å². The molecule has 33 heavy (non-hydrogen) atoms. The van der Waals surface area contributed by atoms with Crippen molar-refractivity contribution in [3.8, 4) is 5.75 Å². The van der Waals surface area contributed by atoms with Gasteiger partial charge in [0.05, 0.1) is 23.2 Å². The maximum absolute atomic E-state index is 13.2. The van der Waals surface area contributed by atoms with E-state index >= 15 is 0 Å². The predicted molar refractivity (Wildman–Crippen MR) is 123 cm³/mol. The van der Waals surface area contributed by atoms with Crippen LogP contribution < -0.4 is 9.64 Å². The highest BCUT2D eigenvalue weighted by Gasteiger charge is 2.39. The lowest BCUT2D eigenvalue weighted by atomic mass is 10.1. The van der Waals surface area contributed by atoms with Crippen molar-refractivity contribution in [2.24, 2.45) is 5.10 Å². The molecule has 1 aliphatic heterocycles. The molecule has 0 spiro atoms. The van der Waals surface area contributed by atoms with Crippen LogP contribution in [0.1, 0.15) is 30.6 Å². The summed E-state index contributed by atoms with van der Waals surface area (Å²) >= 11 is 11.8. The molecule has 2 rings (SSSR count). The van der Waals surface area contributed by atoms with Crippen LogP contribution in [0.25, 0.3) is 0 Å². The van der Waals surface area contributed by atoms with Gasteiger partial charge in [-0.05, 0) is 26.3 Å². The number of rotatable bonds is 8. The number of benzene rings is 1. The Bertz CT molecular complexity index is 881. The number of halogens is 5. The van der Waals surface area contributed by atoms with Crippen LogP contribution in [0.5, 0.6) is 5.75 Å². The number of anilines is 1. The Hall–Kier alpha value is -2.20. The van der Waals surface area contributed by atoms with Crippen LogP contribution in [0.2, 0.25) is 5.02 Å². The van der Waals surface area contributed by atoms with E-state index in [-0.39, 0.29) is 19.0 Å². The highest BCUT2D eigenvalue weighted by molar-refractivity contribution is 6.33. The molecule has 0 radical (unpaired) electrons. The van der Waals surface area contributed by atoms with Crippen LogP contribution in [0, 0.1) is 0 Å². The summed E-state index contributed by atoms with van der Waals surface area (Å²) in [6, 6.07) is 3.22. The van der Waals surface area contributed by atoms with Crippen molar-refractivity contribution < 1.29 is 27.5 Å². The number of aldehydes is 1. The summed E-state index contributed by atoms with van der Waals surface area (Å²) < 4.78 is 44.8. The topological polar surface area (TPSA) is 65.5 Å². The molecule has 0 bridgehead atoms. The van der Waals surface area contributed by atoms with Gasteiger partial charge >= 0.3 is 6.18 Å². The third-order valence-corrected chi connectivity index (χ3v) is 5.72. The lowest BCUT2D eigenvalue weighted by molar-refractivity contribution is -0.132. The quantitative estimate of drug-likeness (QED) is 0.228. The summed E-state index contributed by atoms with van der Waals surface area (Å²) in [5.41, 5.74) is -0.0906. The van der Waals surface area contributed by atoms with Gasteiger partial charge in [-0.1, -0.05) is 11.6 Å². The van der Waals surface area contributed by atoms with Gasteiger partial charge in [0.2, 0.25) is 5.91 Å². The molecule has 1 fully saturated rings. The van der Waals surface area contributed by atoms with E-state index in [1.807, 2.05) is 4.90 Å². The second-order valence-electron chi connectivity index (χ2n) is 7.46. The molecule has 0 aliphatic carbocycles. The first kappa shape index (κ1) is 27.0. The standard InChI is InChI=1S/C21H27Cl2F3N4O3/c1-4-30(27-20(14(2)22)21(24,25)26)12-19(32)29-7-5-6-28(8-9-29)17-11-18(33-3)16(23)10-15(17)13-31/h10-11,13-14H,4-9,12H2,1-3H3/b27-20+. The van der Waals surface area contributed by atoms with Crippen molar-refractivity contribution in [2.75, 3.05) is 51.3 Å². The van der Waals surface area contributed by atoms with E-state index in [0.29, 0.717) is 60.9 Å². The van der Waals surface area contributed by atoms with E-state index in [1.54, 1.807) is 17.9 Å². The molecule has 1 aliphatic rings. The number of amides is 1. The fourth-order valence-corrected chi connectivity index (χ4v) is 3.90. The van der Waals surface area contributed by atoms with Crippen molar-refractivity contribution in [3.05, 3.63) is 22.7 Å². The van der Waals surface area contributed by atoms with Crippen LogP contribution in [-0.4, -0.2) is 85.7 Å². The lowest BCUT2D eigenvalue weighted by Crippen LogP contribution is -2.42. The van der Waals surface area contributed by atoms with Crippen molar-refractivity contribution >= 4 is 46.8 Å². The molecule has 1 heterocycles. The first-order chi connectivity index (χ1) is 15.5. The molecule has 1 unspecified atom stereocenters. The molecule has 1 atom stereocenters. The molecule has 0 N–H and O–H groups in total. The summed E-state index contributed by atoms with van der Waals surface area (Å²) in [5.74, 6) is 0.0929. The van der Waals surface area contributed by atoms with Crippen molar-refractivity contribution in [1.29, 1.82) is 0 Å². The molecule has 1 saturated heterocycles. The minimum Gasteiger partial charge on any atom is -0.495 e. The third kappa shape index (κ3) is 7.14. The Labute approximate surface area is 201 Å². The SMILES string of the molecule is CCN(CC(=O)N1CCCN(c2cc(OC)c(Cl)cc2C=O)CC1)/N=C(\C(C)Cl)C(F)(F)F. The fourth-order valence-electron chi connectivity index (χ4n) is 3.48. The van der Waals surface area contributed by atoms with E-state index in [2.05, 4.69) is 5.10 Å². The number of hydrazone groups is 1. The van der Waals surface area contributed by atoms with E-state index in [4.69, 9.17) is 27.9 Å². The maximum atomic E-state index is 13.2. The molecule has 184 valence electrons. The number of carbonyl (C=O) groups is 2. The van der Waals surface area contributed by atoms with E-state index in [1.165, 1.54) is 20.1 Å². The zero-order valence-electron chi connectivity index (χ0n) is 18.7. The first-order valence-corrected chi connectivity index (χ1v) is 11.2. The molecular weight excluding hydrogens is 484 g/mol. The lowest BCUT2D eigenvalue weighted by Gasteiger charge is -2.27. The number of ether oxygens (including phenoxy) is 1. The molecule has 7 nitrogen and oxygen atoms in total. The summed E-state index contributed by atoms with van der Waals surface area (Å²) in [4.78, 5) is 27.9. The van der Waals surface area contributed by atoms with Crippen LogP contribution in [0.15, 0.2) is 17.2 Å². The molecular formula is C21H27Cl2F3N4O3. The Morgan fingerprint density at radius 1 is 1.30 bits per heavy atom. The van der Waals surface area contributed by atoms with E-state index in [0.717, 1.165) is 5.01 Å². The number of alkyl halides is 4. The van der Waals surface area contributed by atoms with Gasteiger partial charge in [-0.3, -0.25) is 14.6 Å². The number of carbonyl (C=O) groups excluding carboxylic acids is 2. The zero-order valence-corrected chi connectivity index (χ0v) is 20.2. The zero-order chi connectivity index (χ0) is 24.8. The number of hydrogen-bond acceptors (Lipinski definition) is 6. The van der Waals surface area contributed by atoms with Gasteiger partial charge in [-0.25, -0.2) is 0 Å². The largest absolute Gasteiger partial charge is 0.495 e. The van der Waals surface area contributed by atoms with Gasteiger partial charge < -0.3 is 14.5 Å². The first-order valence-electron chi connectivity index (χ1n) is 10.4. The second-order valence-corrected chi connectivity index (χ2v) is 8.53. The Balaban J connectivity index is 2.13. The normalized spacial score (nSPS) is 16.3. The molecule has 0 aromatic heterocycles. The summed E-state index contributed by atoms with van der Waals surface area (Å²) in [6.45, 7) is 4.38. The smallest absolute Gasteiger partial charge is 0.432 e. The van der Waals surface area contributed by atoms with Gasteiger partial charge in [0.1, 0.15) is 12.3 Å². The average molecular weight is 511 g/mol. The van der Waals surface area contributed by atoms with Gasteiger partial charge in [0.15, 0.2) is 12.0 Å². The Morgan fingerprint density at radius 3 is 2.55 bits per heavy atom. The molecule has 1 aromatic carbocycles. The number of nitrogens with zero attached hydrogens (tertiary/aromatic N) is 4. The molecule has 1 amide bonds. The third-order valence-electron chi connectivity index (χ3n) is 5.22. The fraction of sp³-hybridized carbons (Fsp3) is 0.571. The summed E-state index contributed by atoms with van der Waals surface area (Å²) in [6.07, 6.45) is -3.37. The highest BCUT2D eigenvalue weighted by atomic mass is 35.5. The minimum atomic E-state index is -4.68. The second kappa shape index (κ2) is 11.8. The van der Waals surface area contributed by atoms with Gasteiger partial charge in [0, 0.05) is 44.4 Å².